The number of hydrogen-bond acceptors (Lipinski definition) is 3. The van der Waals surface area contributed by atoms with E-state index in [4.69, 9.17) is 9.47 Å². The lowest BCUT2D eigenvalue weighted by Gasteiger charge is -2.28. The first-order valence-electron chi connectivity index (χ1n) is 4.87. The summed E-state index contributed by atoms with van der Waals surface area (Å²) in [6.07, 6.45) is 2.65. The molecular weight excluding hydrogens is 170 g/mol. The maximum absolute atomic E-state index is 11.4. The Bertz CT molecular complexity index is 189. The molecule has 2 aliphatic heterocycles. The SMILES string of the molecule is O=C1CCCCN1CC1OCCO1. The van der Waals surface area contributed by atoms with E-state index in [-0.39, 0.29) is 12.2 Å². The van der Waals surface area contributed by atoms with Gasteiger partial charge in [-0.2, -0.15) is 0 Å². The average Bonchev–Trinajstić information content (AvgIpc) is 2.61. The predicted molar refractivity (Wildman–Crippen MR) is 46.1 cm³/mol. The minimum atomic E-state index is -0.179. The van der Waals surface area contributed by atoms with Crippen LogP contribution in [-0.2, 0) is 14.3 Å². The number of carbonyl (C=O) groups excluding carboxylic acids is 1. The third kappa shape index (κ3) is 2.19. The average molecular weight is 185 g/mol. The first-order valence-corrected chi connectivity index (χ1v) is 4.87. The van der Waals surface area contributed by atoms with Gasteiger partial charge in [-0.15, -0.1) is 0 Å². The first-order chi connectivity index (χ1) is 6.36. The van der Waals surface area contributed by atoms with Crippen molar-refractivity contribution >= 4 is 5.91 Å². The fourth-order valence-corrected chi connectivity index (χ4v) is 1.75. The van der Waals surface area contributed by atoms with E-state index in [1.165, 1.54) is 0 Å². The number of carbonyl (C=O) groups is 1. The third-order valence-electron chi connectivity index (χ3n) is 2.48. The van der Waals surface area contributed by atoms with E-state index >= 15 is 0 Å². The Balaban J connectivity index is 1.81. The summed E-state index contributed by atoms with van der Waals surface area (Å²) >= 11 is 0. The van der Waals surface area contributed by atoms with Crippen LogP contribution in [0.1, 0.15) is 19.3 Å². The van der Waals surface area contributed by atoms with Gasteiger partial charge in [0.15, 0.2) is 6.29 Å². The molecule has 0 aromatic heterocycles. The Morgan fingerprint density at radius 3 is 2.77 bits per heavy atom. The highest BCUT2D eigenvalue weighted by atomic mass is 16.7. The smallest absolute Gasteiger partial charge is 0.222 e. The van der Waals surface area contributed by atoms with Gasteiger partial charge in [0.25, 0.3) is 0 Å². The molecule has 0 saturated carbocycles. The number of hydrogen-bond donors (Lipinski definition) is 0. The van der Waals surface area contributed by atoms with E-state index in [1.807, 2.05) is 4.90 Å². The Morgan fingerprint density at radius 2 is 2.08 bits per heavy atom. The number of amides is 1. The predicted octanol–water partition coefficient (Wildman–Crippen LogP) is 0.372. The molecule has 2 rings (SSSR count). The molecule has 2 saturated heterocycles. The normalized spacial score (nSPS) is 25.5. The number of likely N-dealkylation sites (tertiary alicyclic amines) is 1. The summed E-state index contributed by atoms with van der Waals surface area (Å²) in [6.45, 7) is 2.79. The van der Waals surface area contributed by atoms with Gasteiger partial charge >= 0.3 is 0 Å². The third-order valence-corrected chi connectivity index (χ3v) is 2.48. The van der Waals surface area contributed by atoms with Crippen LogP contribution in [0.2, 0.25) is 0 Å². The van der Waals surface area contributed by atoms with Gasteiger partial charge in [0, 0.05) is 13.0 Å². The second-order valence-corrected chi connectivity index (χ2v) is 3.47. The van der Waals surface area contributed by atoms with Crippen molar-refractivity contribution in [1.29, 1.82) is 0 Å². The first kappa shape index (κ1) is 8.97. The second-order valence-electron chi connectivity index (χ2n) is 3.47. The molecule has 4 heteroatoms. The van der Waals surface area contributed by atoms with Gasteiger partial charge in [0.2, 0.25) is 5.91 Å². The van der Waals surface area contributed by atoms with Crippen LogP contribution in [0.5, 0.6) is 0 Å². The molecule has 0 aromatic carbocycles. The lowest BCUT2D eigenvalue weighted by atomic mass is 10.1. The largest absolute Gasteiger partial charge is 0.348 e. The molecule has 0 N–H and O–H groups in total. The van der Waals surface area contributed by atoms with Gasteiger partial charge in [-0.3, -0.25) is 4.79 Å². The zero-order chi connectivity index (χ0) is 9.10. The summed E-state index contributed by atoms with van der Waals surface area (Å²) in [5.41, 5.74) is 0. The van der Waals surface area contributed by atoms with Crippen LogP contribution in [0, 0.1) is 0 Å². The van der Waals surface area contributed by atoms with Crippen LogP contribution in [0.4, 0.5) is 0 Å². The van der Waals surface area contributed by atoms with E-state index in [2.05, 4.69) is 0 Å². The van der Waals surface area contributed by atoms with Crippen LogP contribution >= 0.6 is 0 Å². The summed E-state index contributed by atoms with van der Waals surface area (Å²) in [4.78, 5) is 13.2. The zero-order valence-electron chi connectivity index (χ0n) is 7.70. The highest BCUT2D eigenvalue weighted by Crippen LogP contribution is 2.13. The summed E-state index contributed by atoms with van der Waals surface area (Å²) in [5, 5.41) is 0. The molecule has 2 fully saturated rings. The van der Waals surface area contributed by atoms with E-state index in [1.54, 1.807) is 0 Å². The summed E-state index contributed by atoms with van der Waals surface area (Å²) in [5.74, 6) is 0.241. The summed E-state index contributed by atoms with van der Waals surface area (Å²) < 4.78 is 10.6. The number of piperidine rings is 1. The fraction of sp³-hybridized carbons (Fsp3) is 0.889. The van der Waals surface area contributed by atoms with Crippen molar-refractivity contribution in [3.63, 3.8) is 0 Å². The van der Waals surface area contributed by atoms with E-state index in [0.717, 1.165) is 19.4 Å². The number of ether oxygens (including phenoxy) is 2. The van der Waals surface area contributed by atoms with Crippen molar-refractivity contribution in [2.24, 2.45) is 0 Å². The quantitative estimate of drug-likeness (QED) is 0.624. The highest BCUT2D eigenvalue weighted by Gasteiger charge is 2.24. The topological polar surface area (TPSA) is 38.8 Å². The minimum Gasteiger partial charge on any atom is -0.348 e. The molecule has 0 bridgehead atoms. The number of nitrogens with zero attached hydrogens (tertiary/aromatic N) is 1. The molecule has 0 spiro atoms. The van der Waals surface area contributed by atoms with Crippen LogP contribution < -0.4 is 0 Å². The maximum atomic E-state index is 11.4. The molecule has 2 aliphatic rings. The highest BCUT2D eigenvalue weighted by molar-refractivity contribution is 5.76. The Kier molecular flexibility index (Phi) is 2.80. The van der Waals surface area contributed by atoms with Gasteiger partial charge in [0.05, 0.1) is 19.8 Å². The Morgan fingerprint density at radius 1 is 1.31 bits per heavy atom. The molecule has 13 heavy (non-hydrogen) atoms. The van der Waals surface area contributed by atoms with E-state index in [0.29, 0.717) is 26.2 Å². The van der Waals surface area contributed by atoms with E-state index < -0.39 is 0 Å². The molecule has 0 aromatic rings. The molecule has 74 valence electrons. The standard InChI is InChI=1S/C9H15NO3/c11-8-3-1-2-4-10(8)7-9-12-5-6-13-9/h9H,1-7H2. The van der Waals surface area contributed by atoms with Crippen LogP contribution in [0.25, 0.3) is 0 Å². The molecule has 1 amide bonds. The molecule has 4 nitrogen and oxygen atoms in total. The van der Waals surface area contributed by atoms with Crippen molar-refractivity contribution in [3.05, 3.63) is 0 Å². The lowest BCUT2D eigenvalue weighted by molar-refractivity contribution is -0.139. The zero-order valence-corrected chi connectivity index (χ0v) is 7.70. The van der Waals surface area contributed by atoms with Gasteiger partial charge in [-0.1, -0.05) is 0 Å². The summed E-state index contributed by atoms with van der Waals surface area (Å²) in [7, 11) is 0. The molecule has 0 unspecified atom stereocenters. The van der Waals surface area contributed by atoms with Gasteiger partial charge < -0.3 is 14.4 Å². The second kappa shape index (κ2) is 4.07. The van der Waals surface area contributed by atoms with Crippen molar-refractivity contribution in [2.75, 3.05) is 26.3 Å². The lowest BCUT2D eigenvalue weighted by Crippen LogP contribution is -2.40. The molecular formula is C9H15NO3. The van der Waals surface area contributed by atoms with Crippen molar-refractivity contribution < 1.29 is 14.3 Å². The van der Waals surface area contributed by atoms with Gasteiger partial charge in [-0.25, -0.2) is 0 Å². The van der Waals surface area contributed by atoms with Crippen molar-refractivity contribution in [1.82, 2.24) is 4.90 Å². The van der Waals surface area contributed by atoms with Crippen LogP contribution in [0.3, 0.4) is 0 Å². The minimum absolute atomic E-state index is 0.179. The molecule has 0 radical (unpaired) electrons. The summed E-state index contributed by atoms with van der Waals surface area (Å²) in [6, 6.07) is 0. The van der Waals surface area contributed by atoms with Gasteiger partial charge in [-0.05, 0) is 12.8 Å². The fourth-order valence-electron chi connectivity index (χ4n) is 1.75. The molecule has 0 atom stereocenters. The maximum Gasteiger partial charge on any atom is 0.222 e. The van der Waals surface area contributed by atoms with Crippen LogP contribution in [0.15, 0.2) is 0 Å². The molecule has 0 aliphatic carbocycles. The number of rotatable bonds is 2. The van der Waals surface area contributed by atoms with Crippen LogP contribution in [-0.4, -0.2) is 43.4 Å². The van der Waals surface area contributed by atoms with E-state index in [9.17, 15) is 4.79 Å². The van der Waals surface area contributed by atoms with Crippen molar-refractivity contribution in [3.8, 4) is 0 Å². The molecule has 2 heterocycles. The van der Waals surface area contributed by atoms with Gasteiger partial charge in [0.1, 0.15) is 0 Å². The Labute approximate surface area is 77.8 Å². The monoisotopic (exact) mass is 185 g/mol. The van der Waals surface area contributed by atoms with Crippen molar-refractivity contribution in [2.45, 2.75) is 25.6 Å². The Hall–Kier alpha value is -0.610.